The van der Waals surface area contributed by atoms with Crippen molar-refractivity contribution in [1.29, 1.82) is 0 Å². The predicted molar refractivity (Wildman–Crippen MR) is 224 cm³/mol. The van der Waals surface area contributed by atoms with Gasteiger partial charge in [-0.15, -0.1) is 0 Å². The summed E-state index contributed by atoms with van der Waals surface area (Å²) in [6.45, 7) is 2.78. The van der Waals surface area contributed by atoms with Crippen molar-refractivity contribution < 1.29 is 80.5 Å². The van der Waals surface area contributed by atoms with Gasteiger partial charge in [-0.05, 0) is 6.42 Å². The van der Waals surface area contributed by atoms with Gasteiger partial charge in [-0.2, -0.15) is 4.31 Å². The molecule has 3 rings (SSSR count). The van der Waals surface area contributed by atoms with Gasteiger partial charge < -0.3 is 50.9 Å². The molecule has 24 nitrogen and oxygen atoms in total. The fraction of sp³-hybridized carbons (Fsp3) is 0.765. The number of nitrogen functional groups attached to an aromatic ring is 1. The standard InChI is InChI=1S/C34H60N7O17P3S/c1-4-5-6-7-8-9-10-11-12-13-14-25(43)62-18-17-36-24(42)15-16-37-32(46)29(45)34(2,3)20-55-61(52,53)58-60(50,51)54-19-23-28(57-59(47,48)49)27(44)33(56-23)41-22-40-26-30(35)38-21-39-31(26)41/h21-23,27-29,33,44-45H,4-20H2,1-3H3,(H,36,42)(H,37,46)(H,50,51)(H,52,53)(H2,35,38,39)(H2,47,48,49)/t23-,27-,28-,29+,33-/m1/s1. The third-order valence-electron chi connectivity index (χ3n) is 9.50. The van der Waals surface area contributed by atoms with Crippen molar-refractivity contribution in [2.24, 2.45) is 5.41 Å². The van der Waals surface area contributed by atoms with Crippen LogP contribution in [0.15, 0.2) is 12.7 Å². The van der Waals surface area contributed by atoms with E-state index in [-0.39, 0.29) is 41.6 Å². The van der Waals surface area contributed by atoms with Gasteiger partial charge in [-0.3, -0.25) is 32.5 Å². The van der Waals surface area contributed by atoms with Gasteiger partial charge in [0, 0.05) is 37.1 Å². The summed E-state index contributed by atoms with van der Waals surface area (Å²) in [7, 11) is -16.4. The zero-order chi connectivity index (χ0) is 46.1. The van der Waals surface area contributed by atoms with E-state index in [4.69, 9.17) is 19.5 Å². The molecule has 7 atom stereocenters. The molecule has 28 heteroatoms. The second kappa shape index (κ2) is 25.3. The van der Waals surface area contributed by atoms with Crippen LogP contribution in [0, 0.1) is 5.41 Å². The maximum atomic E-state index is 12.7. The molecule has 1 aliphatic heterocycles. The SMILES string of the molecule is CCCCCCCCCCCCC(=O)SCCNC(=O)CCNC(=O)[C@H](O)C(C)(C)COP(=O)(O)OP(=O)(O)OC[C@H]1O[C@@H](n2cnc3c(N)ncnc32)[C@H](O)[C@@H]1OP(=O)(O)O. The van der Waals surface area contributed by atoms with Gasteiger partial charge in [0.15, 0.2) is 22.8 Å². The van der Waals surface area contributed by atoms with Crippen LogP contribution in [0.2, 0.25) is 0 Å². The predicted octanol–water partition coefficient (Wildman–Crippen LogP) is 2.98. The molecule has 0 aliphatic carbocycles. The Morgan fingerprint density at radius 1 is 0.919 bits per heavy atom. The molecular weight excluding hydrogens is 903 g/mol. The number of nitrogens with two attached hydrogens (primary N) is 1. The number of nitrogens with one attached hydrogen (secondary N) is 2. The number of fused-ring (bicyclic) bond motifs is 1. The van der Waals surface area contributed by atoms with Crippen molar-refractivity contribution in [2.45, 2.75) is 128 Å². The Balaban J connectivity index is 1.37. The Hall–Kier alpha value is -2.44. The largest absolute Gasteiger partial charge is 0.481 e. The molecular formula is C34H60N7O17P3S. The number of aromatic nitrogens is 4. The van der Waals surface area contributed by atoms with E-state index in [1.165, 1.54) is 58.8 Å². The number of rotatable bonds is 30. The average molecular weight is 964 g/mol. The molecule has 1 fully saturated rings. The Kier molecular flexibility index (Phi) is 22.0. The third kappa shape index (κ3) is 18.6. The monoisotopic (exact) mass is 963 g/mol. The maximum absolute atomic E-state index is 12.7. The molecule has 2 aromatic heterocycles. The van der Waals surface area contributed by atoms with Crippen molar-refractivity contribution in [3.8, 4) is 0 Å². The molecule has 0 bridgehead atoms. The number of unbranched alkanes of at least 4 members (excludes halogenated alkanes) is 9. The van der Waals surface area contributed by atoms with E-state index in [0.29, 0.717) is 12.2 Å². The number of anilines is 1. The lowest BCUT2D eigenvalue weighted by Gasteiger charge is -2.30. The number of carbonyl (C=O) groups is 3. The van der Waals surface area contributed by atoms with Crippen LogP contribution in [0.1, 0.15) is 104 Å². The van der Waals surface area contributed by atoms with Crippen molar-refractivity contribution in [2.75, 3.05) is 37.8 Å². The topological polar surface area (TPSA) is 364 Å². The van der Waals surface area contributed by atoms with E-state index in [2.05, 4.69) is 41.3 Å². The number of imidazole rings is 1. The van der Waals surface area contributed by atoms with Crippen LogP contribution in [0.5, 0.6) is 0 Å². The molecule has 3 heterocycles. The van der Waals surface area contributed by atoms with E-state index < -0.39 is 84.6 Å². The molecule has 2 unspecified atom stereocenters. The lowest BCUT2D eigenvalue weighted by Crippen LogP contribution is -2.46. The van der Waals surface area contributed by atoms with Crippen LogP contribution >= 0.6 is 35.2 Å². The van der Waals surface area contributed by atoms with Crippen LogP contribution in [-0.2, 0) is 50.7 Å². The molecule has 0 spiro atoms. The summed E-state index contributed by atoms with van der Waals surface area (Å²) in [5.74, 6) is -1.02. The Morgan fingerprint density at radius 3 is 2.19 bits per heavy atom. The lowest BCUT2D eigenvalue weighted by molar-refractivity contribution is -0.137. The zero-order valence-corrected chi connectivity index (χ0v) is 38.4. The van der Waals surface area contributed by atoms with Crippen LogP contribution < -0.4 is 16.4 Å². The molecule has 0 aromatic carbocycles. The normalized spacial score (nSPS) is 20.7. The molecule has 2 aromatic rings. The minimum atomic E-state index is -5.57. The average Bonchev–Trinajstić information content (AvgIpc) is 3.75. The molecule has 10 N–H and O–H groups in total. The Morgan fingerprint density at radius 2 is 1.55 bits per heavy atom. The highest BCUT2D eigenvalue weighted by Gasteiger charge is 2.50. The van der Waals surface area contributed by atoms with Crippen LogP contribution in [0.4, 0.5) is 5.82 Å². The van der Waals surface area contributed by atoms with E-state index in [1.807, 2.05) is 0 Å². The zero-order valence-electron chi connectivity index (χ0n) is 34.9. The number of hydrogen-bond acceptors (Lipinski definition) is 18. The second-order valence-corrected chi connectivity index (χ2v) is 20.6. The second-order valence-electron chi connectivity index (χ2n) is 15.2. The number of phosphoric ester groups is 3. The fourth-order valence-electron chi connectivity index (χ4n) is 6.12. The summed E-state index contributed by atoms with van der Waals surface area (Å²) in [5, 5.41) is 26.6. The third-order valence-corrected chi connectivity index (χ3v) is 13.5. The highest BCUT2D eigenvalue weighted by Crippen LogP contribution is 2.61. The maximum Gasteiger partial charge on any atom is 0.481 e. The van der Waals surface area contributed by atoms with Crippen LogP contribution in [0.25, 0.3) is 11.2 Å². The minimum Gasteiger partial charge on any atom is -0.386 e. The molecule has 1 saturated heterocycles. The summed E-state index contributed by atoms with van der Waals surface area (Å²) >= 11 is 1.15. The van der Waals surface area contributed by atoms with Crippen LogP contribution in [0.3, 0.4) is 0 Å². The Bertz CT molecular complexity index is 1910. The molecule has 0 saturated carbocycles. The summed E-state index contributed by atoms with van der Waals surface area (Å²) in [4.78, 5) is 88.1. The minimum absolute atomic E-state index is 0.0334. The van der Waals surface area contributed by atoms with Crippen molar-refractivity contribution >= 4 is 69.1 Å². The van der Waals surface area contributed by atoms with Gasteiger partial charge in [0.05, 0.1) is 19.5 Å². The van der Waals surface area contributed by atoms with Gasteiger partial charge in [0.2, 0.25) is 11.8 Å². The highest BCUT2D eigenvalue weighted by molar-refractivity contribution is 8.13. The van der Waals surface area contributed by atoms with Crippen molar-refractivity contribution in [1.82, 2.24) is 30.2 Å². The molecule has 62 heavy (non-hydrogen) atoms. The summed E-state index contributed by atoms with van der Waals surface area (Å²) in [5.41, 5.74) is 4.28. The fourth-order valence-corrected chi connectivity index (χ4v) is 9.67. The first-order valence-corrected chi connectivity index (χ1v) is 25.6. The number of carbonyl (C=O) groups excluding carboxylic acids is 3. The van der Waals surface area contributed by atoms with Gasteiger partial charge in [0.25, 0.3) is 0 Å². The van der Waals surface area contributed by atoms with Gasteiger partial charge in [-0.1, -0.05) is 90.3 Å². The van der Waals surface area contributed by atoms with Crippen LogP contribution in [-0.4, -0.2) is 123 Å². The van der Waals surface area contributed by atoms with Crippen molar-refractivity contribution in [3.05, 3.63) is 12.7 Å². The van der Waals surface area contributed by atoms with Gasteiger partial charge >= 0.3 is 23.5 Å². The summed E-state index contributed by atoms with van der Waals surface area (Å²) in [6.07, 6.45) is 5.38. The smallest absolute Gasteiger partial charge is 0.386 e. The number of amides is 2. The summed E-state index contributed by atoms with van der Waals surface area (Å²) in [6, 6.07) is 0. The summed E-state index contributed by atoms with van der Waals surface area (Å²) < 4.78 is 62.3. The first-order valence-electron chi connectivity index (χ1n) is 20.1. The van der Waals surface area contributed by atoms with E-state index >= 15 is 0 Å². The molecule has 2 amide bonds. The molecule has 0 radical (unpaired) electrons. The number of nitrogens with zero attached hydrogens (tertiary/aromatic N) is 4. The Labute approximate surface area is 363 Å². The van der Waals surface area contributed by atoms with Gasteiger partial charge in [-0.25, -0.2) is 28.6 Å². The highest BCUT2D eigenvalue weighted by atomic mass is 32.2. The van der Waals surface area contributed by atoms with E-state index in [1.54, 1.807) is 0 Å². The first-order chi connectivity index (χ1) is 29.1. The quantitative estimate of drug-likeness (QED) is 0.0401. The number of ether oxygens (including phenoxy) is 1. The number of aliphatic hydroxyl groups excluding tert-OH is 2. The number of aliphatic hydroxyl groups is 2. The van der Waals surface area contributed by atoms with E-state index in [0.717, 1.165) is 48.2 Å². The lowest BCUT2D eigenvalue weighted by atomic mass is 9.87. The van der Waals surface area contributed by atoms with Crippen molar-refractivity contribution in [3.63, 3.8) is 0 Å². The molecule has 1 aliphatic rings. The number of phosphoric acid groups is 3. The molecule has 354 valence electrons. The van der Waals surface area contributed by atoms with E-state index in [9.17, 15) is 57.9 Å². The first kappa shape index (κ1) is 53.9. The van der Waals surface area contributed by atoms with Gasteiger partial charge in [0.1, 0.15) is 36.3 Å². The number of hydrogen-bond donors (Lipinski definition) is 9. The number of thioether (sulfide) groups is 1.